The third-order valence-electron chi connectivity index (χ3n) is 3.25. The lowest BCUT2D eigenvalue weighted by Gasteiger charge is -2.32. The van der Waals surface area contributed by atoms with Crippen molar-refractivity contribution in [2.45, 2.75) is 65.5 Å². The predicted molar refractivity (Wildman–Crippen MR) is 69.7 cm³/mol. The Morgan fingerprint density at radius 3 is 2.12 bits per heavy atom. The van der Waals surface area contributed by atoms with Gasteiger partial charge in [0.05, 0.1) is 12.2 Å². The SMILES string of the molecule is CC1CC(C)CC(NCCOC(C)(C)C)C1. The number of rotatable bonds is 4. The van der Waals surface area contributed by atoms with Gasteiger partial charge >= 0.3 is 0 Å². The third kappa shape index (κ3) is 5.86. The Labute approximate surface area is 101 Å². The largest absolute Gasteiger partial charge is 0.375 e. The van der Waals surface area contributed by atoms with Gasteiger partial charge in [-0.15, -0.1) is 0 Å². The van der Waals surface area contributed by atoms with Gasteiger partial charge < -0.3 is 10.1 Å². The van der Waals surface area contributed by atoms with Crippen molar-refractivity contribution < 1.29 is 4.74 Å². The molecule has 2 heteroatoms. The van der Waals surface area contributed by atoms with E-state index in [2.05, 4.69) is 39.9 Å². The molecule has 2 nitrogen and oxygen atoms in total. The molecule has 1 fully saturated rings. The van der Waals surface area contributed by atoms with E-state index >= 15 is 0 Å². The first-order valence-corrected chi connectivity index (χ1v) is 6.74. The number of ether oxygens (including phenoxy) is 1. The third-order valence-corrected chi connectivity index (χ3v) is 3.25. The molecule has 0 amide bonds. The Morgan fingerprint density at radius 2 is 1.62 bits per heavy atom. The van der Waals surface area contributed by atoms with Crippen LogP contribution < -0.4 is 5.32 Å². The fourth-order valence-electron chi connectivity index (χ4n) is 2.73. The zero-order valence-electron chi connectivity index (χ0n) is 11.7. The highest BCUT2D eigenvalue weighted by atomic mass is 16.5. The molecule has 1 rings (SSSR count). The summed E-state index contributed by atoms with van der Waals surface area (Å²) in [5, 5.41) is 3.63. The minimum Gasteiger partial charge on any atom is -0.375 e. The second-order valence-corrected chi connectivity index (χ2v) is 6.53. The van der Waals surface area contributed by atoms with E-state index < -0.39 is 0 Å². The van der Waals surface area contributed by atoms with Crippen molar-refractivity contribution in [1.29, 1.82) is 0 Å². The molecule has 96 valence electrons. The van der Waals surface area contributed by atoms with Crippen LogP contribution in [0.1, 0.15) is 53.9 Å². The van der Waals surface area contributed by atoms with E-state index in [9.17, 15) is 0 Å². The molecule has 0 aromatic carbocycles. The first-order valence-electron chi connectivity index (χ1n) is 6.74. The normalized spacial score (nSPS) is 31.7. The smallest absolute Gasteiger partial charge is 0.0599 e. The van der Waals surface area contributed by atoms with Crippen molar-refractivity contribution in [2.75, 3.05) is 13.2 Å². The summed E-state index contributed by atoms with van der Waals surface area (Å²) in [6.45, 7) is 12.9. The lowest BCUT2D eigenvalue weighted by atomic mass is 9.80. The lowest BCUT2D eigenvalue weighted by molar-refractivity contribution is -0.00245. The maximum atomic E-state index is 5.71. The summed E-state index contributed by atoms with van der Waals surface area (Å²) in [6, 6.07) is 0.710. The molecule has 1 aliphatic rings. The van der Waals surface area contributed by atoms with Crippen molar-refractivity contribution >= 4 is 0 Å². The first kappa shape index (κ1) is 14.0. The molecule has 0 radical (unpaired) electrons. The summed E-state index contributed by atoms with van der Waals surface area (Å²) in [7, 11) is 0. The summed E-state index contributed by atoms with van der Waals surface area (Å²) in [4.78, 5) is 0. The Hall–Kier alpha value is -0.0800. The maximum Gasteiger partial charge on any atom is 0.0599 e. The molecule has 0 aliphatic heterocycles. The molecule has 1 N–H and O–H groups in total. The zero-order chi connectivity index (χ0) is 12.2. The van der Waals surface area contributed by atoms with Gasteiger partial charge in [-0.25, -0.2) is 0 Å². The van der Waals surface area contributed by atoms with E-state index in [4.69, 9.17) is 4.74 Å². The standard InChI is InChI=1S/C14H29NO/c1-11-8-12(2)10-13(9-11)15-6-7-16-14(3,4)5/h11-13,15H,6-10H2,1-5H3. The highest BCUT2D eigenvalue weighted by Gasteiger charge is 2.23. The van der Waals surface area contributed by atoms with Gasteiger partial charge in [0.2, 0.25) is 0 Å². The number of hydrogen-bond donors (Lipinski definition) is 1. The highest BCUT2D eigenvalue weighted by molar-refractivity contribution is 4.79. The minimum absolute atomic E-state index is 0.00513. The molecular formula is C14H29NO. The topological polar surface area (TPSA) is 21.3 Å². The van der Waals surface area contributed by atoms with Crippen LogP contribution >= 0.6 is 0 Å². The summed E-state index contributed by atoms with van der Waals surface area (Å²) in [5.74, 6) is 1.76. The summed E-state index contributed by atoms with van der Waals surface area (Å²) in [5.41, 5.74) is -0.00513. The van der Waals surface area contributed by atoms with Gasteiger partial charge in [-0.2, -0.15) is 0 Å². The van der Waals surface area contributed by atoms with Gasteiger partial charge in [0.1, 0.15) is 0 Å². The Bertz CT molecular complexity index is 187. The average molecular weight is 227 g/mol. The fourth-order valence-corrected chi connectivity index (χ4v) is 2.73. The Balaban J connectivity index is 2.13. The highest BCUT2D eigenvalue weighted by Crippen LogP contribution is 2.28. The van der Waals surface area contributed by atoms with Gasteiger partial charge in [0.25, 0.3) is 0 Å². The Morgan fingerprint density at radius 1 is 1.06 bits per heavy atom. The minimum atomic E-state index is -0.00513. The quantitative estimate of drug-likeness (QED) is 0.745. The van der Waals surface area contributed by atoms with E-state index in [0.717, 1.165) is 25.0 Å². The average Bonchev–Trinajstić information content (AvgIpc) is 2.09. The monoisotopic (exact) mass is 227 g/mol. The van der Waals surface area contributed by atoms with Crippen LogP contribution in [0.3, 0.4) is 0 Å². The zero-order valence-corrected chi connectivity index (χ0v) is 11.7. The molecule has 0 bridgehead atoms. The van der Waals surface area contributed by atoms with Crippen molar-refractivity contribution in [3.05, 3.63) is 0 Å². The second-order valence-electron chi connectivity index (χ2n) is 6.53. The molecule has 16 heavy (non-hydrogen) atoms. The van der Waals surface area contributed by atoms with Crippen molar-refractivity contribution in [2.24, 2.45) is 11.8 Å². The predicted octanol–water partition coefficient (Wildman–Crippen LogP) is 3.22. The van der Waals surface area contributed by atoms with Crippen LogP contribution in [0.15, 0.2) is 0 Å². The van der Waals surface area contributed by atoms with Crippen LogP contribution in [-0.4, -0.2) is 24.8 Å². The van der Waals surface area contributed by atoms with Crippen LogP contribution in [0.2, 0.25) is 0 Å². The molecule has 0 aromatic heterocycles. The summed E-state index contributed by atoms with van der Waals surface area (Å²) in [6.07, 6.45) is 4.07. The van der Waals surface area contributed by atoms with Crippen LogP contribution in [0.25, 0.3) is 0 Å². The molecule has 1 saturated carbocycles. The van der Waals surface area contributed by atoms with Gasteiger partial charge in [0, 0.05) is 12.6 Å². The molecule has 0 aromatic rings. The van der Waals surface area contributed by atoms with Crippen LogP contribution in [0.4, 0.5) is 0 Å². The molecule has 0 saturated heterocycles. The molecule has 0 heterocycles. The lowest BCUT2D eigenvalue weighted by Crippen LogP contribution is -2.38. The van der Waals surface area contributed by atoms with E-state index in [1.165, 1.54) is 19.3 Å². The molecule has 2 atom stereocenters. The Kier molecular flexibility index (Phi) is 5.26. The van der Waals surface area contributed by atoms with Crippen LogP contribution in [0.5, 0.6) is 0 Å². The number of nitrogens with one attached hydrogen (secondary N) is 1. The molecule has 2 unspecified atom stereocenters. The van der Waals surface area contributed by atoms with Gasteiger partial charge in [-0.3, -0.25) is 0 Å². The van der Waals surface area contributed by atoms with Gasteiger partial charge in [0.15, 0.2) is 0 Å². The van der Waals surface area contributed by atoms with Crippen LogP contribution in [-0.2, 0) is 4.74 Å². The molecular weight excluding hydrogens is 198 g/mol. The molecule has 0 spiro atoms. The van der Waals surface area contributed by atoms with Crippen molar-refractivity contribution in [3.63, 3.8) is 0 Å². The van der Waals surface area contributed by atoms with Crippen molar-refractivity contribution in [1.82, 2.24) is 5.32 Å². The van der Waals surface area contributed by atoms with E-state index in [-0.39, 0.29) is 5.60 Å². The summed E-state index contributed by atoms with van der Waals surface area (Å²) < 4.78 is 5.71. The maximum absolute atomic E-state index is 5.71. The van der Waals surface area contributed by atoms with Crippen LogP contribution in [0, 0.1) is 11.8 Å². The van der Waals surface area contributed by atoms with E-state index in [1.54, 1.807) is 0 Å². The fraction of sp³-hybridized carbons (Fsp3) is 1.00. The van der Waals surface area contributed by atoms with E-state index in [1.807, 2.05) is 0 Å². The van der Waals surface area contributed by atoms with Gasteiger partial charge in [-0.05, 0) is 51.9 Å². The molecule has 1 aliphatic carbocycles. The summed E-state index contributed by atoms with van der Waals surface area (Å²) >= 11 is 0. The first-order chi connectivity index (χ1) is 7.37. The van der Waals surface area contributed by atoms with E-state index in [0.29, 0.717) is 6.04 Å². The van der Waals surface area contributed by atoms with Gasteiger partial charge in [-0.1, -0.05) is 13.8 Å². The second kappa shape index (κ2) is 6.02. The number of hydrogen-bond acceptors (Lipinski definition) is 2. The van der Waals surface area contributed by atoms with Crippen molar-refractivity contribution in [3.8, 4) is 0 Å².